The Hall–Kier alpha value is -1.60. The van der Waals surface area contributed by atoms with Gasteiger partial charge in [0.25, 0.3) is 15.9 Å². The van der Waals surface area contributed by atoms with Gasteiger partial charge in [-0.1, -0.05) is 12.1 Å². The van der Waals surface area contributed by atoms with E-state index in [4.69, 9.17) is 10.8 Å². The lowest BCUT2D eigenvalue weighted by Gasteiger charge is -2.09. The number of hydrogen-bond donors (Lipinski definition) is 2. The molecular formula is C10H13N2O4S. The van der Waals surface area contributed by atoms with Crippen LogP contribution in [0.4, 0.5) is 0 Å². The molecule has 0 aliphatic rings. The molecule has 1 atom stereocenters. The highest BCUT2D eigenvalue weighted by Crippen LogP contribution is 2.10. The van der Waals surface area contributed by atoms with E-state index < -0.39 is 22.0 Å². The van der Waals surface area contributed by atoms with Crippen LogP contribution >= 0.6 is 0 Å². The van der Waals surface area contributed by atoms with Crippen molar-refractivity contribution in [2.24, 2.45) is 5.73 Å². The summed E-state index contributed by atoms with van der Waals surface area (Å²) in [6.45, 7) is 0. The molecule has 6 nitrogen and oxygen atoms in total. The van der Waals surface area contributed by atoms with Crippen LogP contribution in [0.25, 0.3) is 0 Å². The van der Waals surface area contributed by atoms with Gasteiger partial charge in [-0.2, -0.15) is 0 Å². The standard InChI is InChI=1S/C10H13N2O4S/c1-17(15,16)12-10(14)9(11)6-7-2-4-8(13)5-3-7/h2-5,9,13H,6,11H2,1H3. The number of hydrogen-bond acceptors (Lipinski definition) is 5. The van der Waals surface area contributed by atoms with Gasteiger partial charge < -0.3 is 10.8 Å². The van der Waals surface area contributed by atoms with Crippen LogP contribution in [-0.2, 0) is 21.2 Å². The van der Waals surface area contributed by atoms with E-state index in [9.17, 15) is 13.2 Å². The Bertz CT molecular complexity index is 496. The van der Waals surface area contributed by atoms with Crippen molar-refractivity contribution in [1.29, 1.82) is 0 Å². The minimum atomic E-state index is -3.71. The molecule has 93 valence electrons. The van der Waals surface area contributed by atoms with E-state index in [1.807, 2.05) is 0 Å². The average Bonchev–Trinajstić information content (AvgIpc) is 2.19. The normalized spacial score (nSPS) is 13.1. The number of amides is 1. The second kappa shape index (κ2) is 5.15. The number of nitrogens with two attached hydrogens (primary N) is 1. The average molecular weight is 257 g/mol. The maximum Gasteiger partial charge on any atom is 0.273 e. The molecule has 0 aliphatic carbocycles. The van der Waals surface area contributed by atoms with Gasteiger partial charge in [0.05, 0.1) is 12.3 Å². The number of carbonyl (C=O) groups excluding carboxylic acids is 1. The highest BCUT2D eigenvalue weighted by molar-refractivity contribution is 7.89. The highest BCUT2D eigenvalue weighted by Gasteiger charge is 2.19. The summed E-state index contributed by atoms with van der Waals surface area (Å²) >= 11 is 0. The lowest BCUT2D eigenvalue weighted by Crippen LogP contribution is -2.40. The summed E-state index contributed by atoms with van der Waals surface area (Å²) in [5.41, 5.74) is 6.24. The van der Waals surface area contributed by atoms with Gasteiger partial charge in [-0.05, 0) is 24.1 Å². The topological polar surface area (TPSA) is 112 Å². The molecule has 1 unspecified atom stereocenters. The number of carbonyl (C=O) groups is 1. The van der Waals surface area contributed by atoms with Gasteiger partial charge in [0.2, 0.25) is 0 Å². The third-order valence-electron chi connectivity index (χ3n) is 1.96. The van der Waals surface area contributed by atoms with E-state index in [-0.39, 0.29) is 12.2 Å². The molecule has 0 bridgehead atoms. The molecular weight excluding hydrogens is 244 g/mol. The van der Waals surface area contributed by atoms with Crippen LogP contribution < -0.4 is 10.5 Å². The molecule has 0 spiro atoms. The summed E-state index contributed by atoms with van der Waals surface area (Å²) in [7, 11) is -3.71. The fourth-order valence-electron chi connectivity index (χ4n) is 1.20. The second-order valence-corrected chi connectivity index (χ2v) is 5.29. The largest absolute Gasteiger partial charge is 0.508 e. The Morgan fingerprint density at radius 2 is 1.94 bits per heavy atom. The number of phenols is 1. The predicted molar refractivity (Wildman–Crippen MR) is 61.8 cm³/mol. The van der Waals surface area contributed by atoms with E-state index >= 15 is 0 Å². The maximum atomic E-state index is 11.3. The van der Waals surface area contributed by atoms with Crippen LogP contribution in [-0.4, -0.2) is 31.7 Å². The minimum Gasteiger partial charge on any atom is -0.508 e. The molecule has 0 saturated carbocycles. The summed E-state index contributed by atoms with van der Waals surface area (Å²) in [5.74, 6) is -0.768. The predicted octanol–water partition coefficient (Wildman–Crippen LogP) is -0.647. The summed E-state index contributed by atoms with van der Waals surface area (Å²) < 4.78 is 24.5. The zero-order valence-electron chi connectivity index (χ0n) is 9.20. The van der Waals surface area contributed by atoms with Crippen molar-refractivity contribution in [2.75, 3.05) is 6.26 Å². The maximum absolute atomic E-state index is 11.3. The van der Waals surface area contributed by atoms with Gasteiger partial charge in [-0.3, -0.25) is 4.79 Å². The van der Waals surface area contributed by atoms with Crippen molar-refractivity contribution in [3.8, 4) is 5.75 Å². The van der Waals surface area contributed by atoms with Gasteiger partial charge in [0.15, 0.2) is 0 Å². The number of phenolic OH excluding ortho intramolecular Hbond substituents is 1. The smallest absolute Gasteiger partial charge is 0.273 e. The number of sulfonamides is 1. The summed E-state index contributed by atoms with van der Waals surface area (Å²) in [6.07, 6.45) is 0.996. The highest BCUT2D eigenvalue weighted by atomic mass is 32.2. The first-order valence-electron chi connectivity index (χ1n) is 4.78. The fraction of sp³-hybridized carbons (Fsp3) is 0.300. The zero-order valence-corrected chi connectivity index (χ0v) is 10.0. The number of nitrogens with zero attached hydrogens (tertiary/aromatic N) is 1. The molecule has 0 saturated heterocycles. The first-order chi connectivity index (χ1) is 7.78. The van der Waals surface area contributed by atoms with Crippen molar-refractivity contribution in [2.45, 2.75) is 12.5 Å². The van der Waals surface area contributed by atoms with Gasteiger partial charge in [-0.15, -0.1) is 4.72 Å². The summed E-state index contributed by atoms with van der Waals surface area (Å²) in [6, 6.07) is 5.11. The van der Waals surface area contributed by atoms with E-state index in [1.165, 1.54) is 12.1 Å². The van der Waals surface area contributed by atoms with Gasteiger partial charge in [-0.25, -0.2) is 8.42 Å². The molecule has 17 heavy (non-hydrogen) atoms. The summed E-state index contributed by atoms with van der Waals surface area (Å²) in [5, 5.41) is 9.06. The van der Waals surface area contributed by atoms with Crippen LogP contribution in [0.5, 0.6) is 5.75 Å². The van der Waals surface area contributed by atoms with E-state index in [0.717, 1.165) is 6.26 Å². The number of rotatable bonds is 4. The van der Waals surface area contributed by atoms with Crippen molar-refractivity contribution >= 4 is 15.9 Å². The van der Waals surface area contributed by atoms with Gasteiger partial charge in [0.1, 0.15) is 5.75 Å². The van der Waals surface area contributed by atoms with Crippen molar-refractivity contribution in [3.05, 3.63) is 29.8 Å². The molecule has 3 N–H and O–H groups in total. The van der Waals surface area contributed by atoms with Crippen molar-refractivity contribution in [1.82, 2.24) is 4.72 Å². The van der Waals surface area contributed by atoms with Gasteiger partial charge >= 0.3 is 0 Å². The first kappa shape index (κ1) is 13.5. The molecule has 0 aromatic heterocycles. The molecule has 1 aromatic carbocycles. The quantitative estimate of drug-likeness (QED) is 0.744. The third kappa shape index (κ3) is 4.83. The molecule has 1 radical (unpaired) electrons. The lowest BCUT2D eigenvalue weighted by atomic mass is 10.1. The van der Waals surface area contributed by atoms with E-state index in [0.29, 0.717) is 5.56 Å². The second-order valence-electron chi connectivity index (χ2n) is 3.64. The Morgan fingerprint density at radius 1 is 1.41 bits per heavy atom. The Morgan fingerprint density at radius 3 is 2.41 bits per heavy atom. The fourth-order valence-corrected chi connectivity index (χ4v) is 1.67. The van der Waals surface area contributed by atoms with Crippen LogP contribution in [0, 0.1) is 0 Å². The molecule has 0 aliphatic heterocycles. The van der Waals surface area contributed by atoms with Crippen molar-refractivity contribution in [3.63, 3.8) is 0 Å². The number of benzene rings is 1. The summed E-state index contributed by atoms with van der Waals surface area (Å²) in [4.78, 5) is 11.3. The van der Waals surface area contributed by atoms with Crippen molar-refractivity contribution < 1.29 is 18.3 Å². The first-order valence-corrected chi connectivity index (χ1v) is 6.63. The number of aromatic hydroxyl groups is 1. The Balaban J connectivity index is 2.63. The zero-order chi connectivity index (χ0) is 13.1. The molecule has 1 amide bonds. The van der Waals surface area contributed by atoms with Crippen LogP contribution in [0.15, 0.2) is 24.3 Å². The third-order valence-corrected chi connectivity index (χ3v) is 2.48. The molecule has 1 rings (SSSR count). The lowest BCUT2D eigenvalue weighted by molar-refractivity contribution is -0.120. The Labute approximate surface area is 99.5 Å². The monoisotopic (exact) mass is 257 g/mol. The van der Waals surface area contributed by atoms with Crippen LogP contribution in [0.3, 0.4) is 0 Å². The molecule has 7 heteroatoms. The molecule has 0 heterocycles. The van der Waals surface area contributed by atoms with Crippen LogP contribution in [0.1, 0.15) is 5.56 Å². The molecule has 0 fully saturated rings. The van der Waals surface area contributed by atoms with E-state index in [1.54, 1.807) is 12.1 Å². The van der Waals surface area contributed by atoms with E-state index in [2.05, 4.69) is 4.72 Å². The van der Waals surface area contributed by atoms with Gasteiger partial charge in [0, 0.05) is 0 Å². The SMILES string of the molecule is CS(=O)(=O)[N]C(=O)C(N)Cc1ccc(O)cc1. The minimum absolute atomic E-state index is 0.106. The Kier molecular flexibility index (Phi) is 4.08. The van der Waals surface area contributed by atoms with Crippen LogP contribution in [0.2, 0.25) is 0 Å². The molecule has 1 aromatic rings.